The van der Waals surface area contributed by atoms with E-state index in [0.29, 0.717) is 19.8 Å². The third kappa shape index (κ3) is 3.75. The summed E-state index contributed by atoms with van der Waals surface area (Å²) in [4.78, 5) is 0. The van der Waals surface area contributed by atoms with E-state index in [2.05, 4.69) is 4.72 Å². The predicted molar refractivity (Wildman–Crippen MR) is 71.0 cm³/mol. The second-order valence-electron chi connectivity index (χ2n) is 4.99. The number of nitrogens with one attached hydrogen (secondary N) is 1. The third-order valence-corrected chi connectivity index (χ3v) is 4.25. The van der Waals surface area contributed by atoms with Crippen molar-refractivity contribution in [3.63, 3.8) is 0 Å². The monoisotopic (exact) mass is 287 g/mol. The number of sulfonamides is 1. The number of halogens is 1. The van der Waals surface area contributed by atoms with Gasteiger partial charge in [-0.2, -0.15) is 0 Å². The summed E-state index contributed by atoms with van der Waals surface area (Å²) in [5, 5.41) is 0. The van der Waals surface area contributed by atoms with Gasteiger partial charge in [-0.3, -0.25) is 0 Å². The quantitative estimate of drug-likeness (QED) is 0.911. The first-order valence-corrected chi connectivity index (χ1v) is 8.09. The van der Waals surface area contributed by atoms with Crippen LogP contribution in [0.25, 0.3) is 0 Å². The minimum Gasteiger partial charge on any atom is -0.381 e. The summed E-state index contributed by atoms with van der Waals surface area (Å²) in [7, 11) is -3.24. The Morgan fingerprint density at radius 3 is 2.37 bits per heavy atom. The molecule has 0 aliphatic carbocycles. The molecular weight excluding hydrogens is 269 g/mol. The van der Waals surface area contributed by atoms with Crippen molar-refractivity contribution in [3.8, 4) is 0 Å². The van der Waals surface area contributed by atoms with E-state index < -0.39 is 10.0 Å². The van der Waals surface area contributed by atoms with Crippen molar-refractivity contribution in [2.75, 3.05) is 26.0 Å². The lowest BCUT2D eigenvalue weighted by atomic mass is 9.74. The average Bonchev–Trinajstić information content (AvgIpc) is 2.37. The summed E-state index contributed by atoms with van der Waals surface area (Å²) >= 11 is 0. The van der Waals surface area contributed by atoms with Gasteiger partial charge < -0.3 is 4.74 Å². The van der Waals surface area contributed by atoms with E-state index in [0.717, 1.165) is 24.7 Å². The zero-order valence-corrected chi connectivity index (χ0v) is 11.7. The molecule has 0 spiro atoms. The minimum absolute atomic E-state index is 0.290. The Labute approximate surface area is 113 Å². The fourth-order valence-electron chi connectivity index (χ4n) is 2.40. The van der Waals surface area contributed by atoms with E-state index in [1.807, 2.05) is 0 Å². The lowest BCUT2D eigenvalue weighted by molar-refractivity contribution is 0.0517. The summed E-state index contributed by atoms with van der Waals surface area (Å²) in [6.45, 7) is 1.49. The SMILES string of the molecule is CS(=O)(=O)NCC1(c2ccc(F)cc2)CCOCC1. The number of hydrogen-bond acceptors (Lipinski definition) is 3. The van der Waals surface area contributed by atoms with Gasteiger partial charge in [-0.1, -0.05) is 12.1 Å². The van der Waals surface area contributed by atoms with E-state index >= 15 is 0 Å². The Balaban J connectivity index is 2.26. The Bertz CT molecular complexity index is 521. The number of rotatable bonds is 4. The highest BCUT2D eigenvalue weighted by Gasteiger charge is 2.35. The molecule has 4 nitrogen and oxygen atoms in total. The van der Waals surface area contributed by atoms with E-state index in [-0.39, 0.29) is 11.2 Å². The van der Waals surface area contributed by atoms with Gasteiger partial charge in [0, 0.05) is 25.2 Å². The van der Waals surface area contributed by atoms with Crippen LogP contribution in [0.2, 0.25) is 0 Å². The highest BCUT2D eigenvalue weighted by molar-refractivity contribution is 7.88. The van der Waals surface area contributed by atoms with Crippen molar-refractivity contribution in [1.29, 1.82) is 0 Å². The molecule has 6 heteroatoms. The second-order valence-corrected chi connectivity index (χ2v) is 6.83. The Kier molecular flexibility index (Phi) is 4.23. The predicted octanol–water partition coefficient (Wildman–Crippen LogP) is 1.42. The Morgan fingerprint density at radius 1 is 1.26 bits per heavy atom. The maximum atomic E-state index is 13.0. The van der Waals surface area contributed by atoms with E-state index in [1.54, 1.807) is 12.1 Å². The molecule has 0 radical (unpaired) electrons. The van der Waals surface area contributed by atoms with E-state index in [9.17, 15) is 12.8 Å². The van der Waals surface area contributed by atoms with Crippen LogP contribution < -0.4 is 4.72 Å². The molecule has 0 bridgehead atoms. The van der Waals surface area contributed by atoms with Crippen LogP contribution in [0.3, 0.4) is 0 Å². The standard InChI is InChI=1S/C13H18FNO3S/c1-19(16,17)15-10-13(6-8-18-9-7-13)11-2-4-12(14)5-3-11/h2-5,15H,6-10H2,1H3. The molecule has 0 aromatic heterocycles. The molecule has 0 amide bonds. The zero-order chi connectivity index (χ0) is 13.9. The van der Waals surface area contributed by atoms with Crippen molar-refractivity contribution in [2.24, 2.45) is 0 Å². The van der Waals surface area contributed by atoms with Crippen LogP contribution in [-0.2, 0) is 20.2 Å². The highest BCUT2D eigenvalue weighted by Crippen LogP contribution is 2.34. The smallest absolute Gasteiger partial charge is 0.208 e. The maximum absolute atomic E-state index is 13.0. The van der Waals surface area contributed by atoms with E-state index in [4.69, 9.17) is 4.74 Å². The summed E-state index contributed by atoms with van der Waals surface area (Å²) < 4.78 is 43.5. The molecule has 2 rings (SSSR count). The molecule has 106 valence electrons. The van der Waals surface area contributed by atoms with Crippen molar-refractivity contribution >= 4 is 10.0 Å². The molecule has 1 aromatic carbocycles. The van der Waals surface area contributed by atoms with E-state index in [1.165, 1.54) is 12.1 Å². The lowest BCUT2D eigenvalue weighted by Crippen LogP contribution is -2.44. The van der Waals surface area contributed by atoms with Crippen LogP contribution in [-0.4, -0.2) is 34.4 Å². The van der Waals surface area contributed by atoms with Gasteiger partial charge in [-0.25, -0.2) is 17.5 Å². The van der Waals surface area contributed by atoms with Crippen LogP contribution in [0, 0.1) is 5.82 Å². The molecule has 1 fully saturated rings. The van der Waals surface area contributed by atoms with Gasteiger partial charge in [0.05, 0.1) is 6.26 Å². The van der Waals surface area contributed by atoms with Crippen molar-refractivity contribution in [1.82, 2.24) is 4.72 Å². The van der Waals surface area contributed by atoms with Crippen molar-refractivity contribution in [2.45, 2.75) is 18.3 Å². The number of benzene rings is 1. The van der Waals surface area contributed by atoms with Crippen LogP contribution in [0.1, 0.15) is 18.4 Å². The molecule has 1 heterocycles. The van der Waals surface area contributed by atoms with Gasteiger partial charge >= 0.3 is 0 Å². The van der Waals surface area contributed by atoms with Gasteiger partial charge in [0.15, 0.2) is 0 Å². The maximum Gasteiger partial charge on any atom is 0.208 e. The number of hydrogen-bond donors (Lipinski definition) is 1. The first-order valence-electron chi connectivity index (χ1n) is 6.20. The molecule has 1 N–H and O–H groups in total. The van der Waals surface area contributed by atoms with Crippen molar-refractivity contribution < 1.29 is 17.5 Å². The van der Waals surface area contributed by atoms with Gasteiger partial charge in [-0.15, -0.1) is 0 Å². The van der Waals surface area contributed by atoms with Crippen molar-refractivity contribution in [3.05, 3.63) is 35.6 Å². The van der Waals surface area contributed by atoms with Crippen LogP contribution in [0.5, 0.6) is 0 Å². The van der Waals surface area contributed by atoms with Gasteiger partial charge in [0.1, 0.15) is 5.82 Å². The molecule has 19 heavy (non-hydrogen) atoms. The summed E-state index contributed by atoms with van der Waals surface area (Å²) in [5.41, 5.74) is 0.642. The van der Waals surface area contributed by atoms with Crippen LogP contribution in [0.15, 0.2) is 24.3 Å². The normalized spacial score (nSPS) is 19.3. The van der Waals surface area contributed by atoms with Gasteiger partial charge in [0.2, 0.25) is 10.0 Å². The number of ether oxygens (including phenoxy) is 1. The molecule has 0 saturated carbocycles. The summed E-state index contributed by atoms with van der Waals surface area (Å²) in [6.07, 6.45) is 2.59. The Morgan fingerprint density at radius 2 is 1.84 bits per heavy atom. The minimum atomic E-state index is -3.24. The molecule has 1 aliphatic rings. The molecule has 1 aromatic rings. The second kappa shape index (κ2) is 5.56. The fraction of sp³-hybridized carbons (Fsp3) is 0.538. The summed E-state index contributed by atoms with van der Waals surface area (Å²) in [5.74, 6) is -0.290. The largest absolute Gasteiger partial charge is 0.381 e. The molecule has 1 aliphatic heterocycles. The van der Waals surface area contributed by atoms with Crippen LogP contribution in [0.4, 0.5) is 4.39 Å². The molecule has 0 atom stereocenters. The van der Waals surface area contributed by atoms with Crippen LogP contribution >= 0.6 is 0 Å². The fourth-order valence-corrected chi connectivity index (χ4v) is 2.94. The molecular formula is C13H18FNO3S. The lowest BCUT2D eigenvalue weighted by Gasteiger charge is -2.37. The first-order chi connectivity index (χ1) is 8.91. The molecule has 0 unspecified atom stereocenters. The zero-order valence-electron chi connectivity index (χ0n) is 10.9. The Hall–Kier alpha value is -0.980. The summed E-state index contributed by atoms with van der Waals surface area (Å²) in [6, 6.07) is 6.27. The van der Waals surface area contributed by atoms with Gasteiger partial charge in [-0.05, 0) is 30.5 Å². The van der Waals surface area contributed by atoms with Gasteiger partial charge in [0.25, 0.3) is 0 Å². The highest BCUT2D eigenvalue weighted by atomic mass is 32.2. The first kappa shape index (κ1) is 14.4. The average molecular weight is 287 g/mol. The third-order valence-electron chi connectivity index (χ3n) is 3.58. The topological polar surface area (TPSA) is 55.4 Å². The molecule has 1 saturated heterocycles.